The monoisotopic (exact) mass is 1020 g/mol. The molecule has 2 aliphatic heterocycles. The second-order valence-electron chi connectivity index (χ2n) is 16.5. The average Bonchev–Trinajstić information content (AvgIpc) is 4.07. The number of Topliss-reactive ketones (excluding diaryl/α,β-unsaturated/α-hetero) is 1. The molecule has 0 aliphatic carbocycles. The molecule has 386 valence electrons. The van der Waals surface area contributed by atoms with E-state index in [1.807, 2.05) is 35.2 Å². The number of nitrogens with one attached hydrogen (secondary N) is 3. The third-order valence-corrected chi connectivity index (χ3v) is 12.5. The molecule has 2 saturated heterocycles. The normalized spacial score (nSPS) is 15.3. The number of nitrogens with zero attached hydrogens (tertiary/aromatic N) is 8. The van der Waals surface area contributed by atoms with Crippen LogP contribution in [0.3, 0.4) is 0 Å². The quantitative estimate of drug-likeness (QED) is 0.0173. The fraction of sp³-hybridized carbons (Fsp3) is 0.489. The second-order valence-corrected chi connectivity index (χ2v) is 18.0. The maximum atomic E-state index is 13.9. The summed E-state index contributed by atoms with van der Waals surface area (Å²) >= 11 is 0. The Morgan fingerprint density at radius 1 is 0.931 bits per heavy atom. The van der Waals surface area contributed by atoms with Gasteiger partial charge in [-0.15, -0.1) is 11.5 Å². The number of nitriles is 1. The highest BCUT2D eigenvalue weighted by Crippen LogP contribution is 2.33. The number of allylic oxidation sites excluding steroid dienone is 1. The molecule has 0 saturated carbocycles. The van der Waals surface area contributed by atoms with Crippen molar-refractivity contribution in [3.05, 3.63) is 71.6 Å². The Hall–Kier alpha value is -6.65. The number of likely N-dealkylation sites (tertiary alicyclic amines) is 1. The number of aromatic nitrogens is 5. The van der Waals surface area contributed by atoms with Gasteiger partial charge in [-0.1, -0.05) is 36.3 Å². The number of fused-ring (bicyclic) bond motifs is 1. The van der Waals surface area contributed by atoms with Crippen LogP contribution in [0.15, 0.2) is 54.6 Å². The Morgan fingerprint density at radius 3 is 2.24 bits per heavy atom. The second kappa shape index (κ2) is 27.3. The number of rotatable bonds is 27. The van der Waals surface area contributed by atoms with Crippen LogP contribution in [0.25, 0.3) is 22.3 Å². The van der Waals surface area contributed by atoms with Crippen molar-refractivity contribution in [2.45, 2.75) is 31.5 Å². The van der Waals surface area contributed by atoms with E-state index < -0.39 is 51.6 Å². The standard InChI is InChI=1S/C47H59N11O13S/c1-3-20-68-22-24-70-26-27-71-25-23-69-21-11-39(59)53-37(31-72(64,65)66)46(62)57-18-16-55(17-19-57)15-12-49-45(61)43-52-32-58(54-43)44-41-40(38(67-2)30-51-44)36(29-50-41)42(60)47(63)56-13-9-34(10-14-56)35(28-48)33-7-5-4-6-8-33/h1,4-8,29-30,32,37,47,50,63H,9-27,31H2,2H3,(H,49,61)(H,53,59)(H,64,65,66)/t37-,47?/m0/s1. The van der Waals surface area contributed by atoms with Gasteiger partial charge in [0.1, 0.15) is 30.5 Å². The molecule has 6 rings (SSSR count). The van der Waals surface area contributed by atoms with E-state index in [2.05, 4.69) is 42.7 Å². The van der Waals surface area contributed by atoms with Crippen molar-refractivity contribution in [1.82, 2.24) is 50.1 Å². The summed E-state index contributed by atoms with van der Waals surface area (Å²) in [5.74, 6) is -0.793. The van der Waals surface area contributed by atoms with E-state index in [1.54, 1.807) is 4.90 Å². The maximum Gasteiger partial charge on any atom is 0.291 e. The van der Waals surface area contributed by atoms with Crippen LogP contribution < -0.4 is 15.4 Å². The molecule has 5 N–H and O–H groups in total. The van der Waals surface area contributed by atoms with Crippen molar-refractivity contribution in [1.29, 1.82) is 5.26 Å². The highest BCUT2D eigenvalue weighted by atomic mass is 32.2. The Labute approximate surface area is 416 Å². The fourth-order valence-electron chi connectivity index (χ4n) is 8.07. The minimum absolute atomic E-state index is 0.0189. The van der Waals surface area contributed by atoms with Gasteiger partial charge in [0, 0.05) is 65.0 Å². The van der Waals surface area contributed by atoms with Gasteiger partial charge in [0.2, 0.25) is 23.4 Å². The van der Waals surface area contributed by atoms with Crippen LogP contribution in [-0.2, 0) is 38.7 Å². The molecule has 0 radical (unpaired) electrons. The number of H-pyrrole nitrogens is 1. The Bertz CT molecular complexity index is 2700. The van der Waals surface area contributed by atoms with Gasteiger partial charge in [0.25, 0.3) is 16.0 Å². The van der Waals surface area contributed by atoms with Crippen molar-refractivity contribution in [2.75, 3.05) is 118 Å². The number of piperazine rings is 1. The van der Waals surface area contributed by atoms with Crippen LogP contribution >= 0.6 is 0 Å². The lowest BCUT2D eigenvalue weighted by molar-refractivity contribution is -0.137. The molecule has 2 atom stereocenters. The summed E-state index contributed by atoms with van der Waals surface area (Å²) < 4.78 is 61.2. The van der Waals surface area contributed by atoms with Gasteiger partial charge in [0.15, 0.2) is 12.0 Å². The third-order valence-electron chi connectivity index (χ3n) is 11.7. The zero-order valence-electron chi connectivity index (χ0n) is 39.9. The molecular weight excluding hydrogens is 959 g/mol. The van der Waals surface area contributed by atoms with E-state index in [1.165, 1.54) is 35.4 Å². The predicted octanol–water partition coefficient (Wildman–Crippen LogP) is 0.0628. The summed E-state index contributed by atoms with van der Waals surface area (Å²) in [7, 11) is -3.21. The molecule has 25 heteroatoms. The molecule has 72 heavy (non-hydrogen) atoms. The van der Waals surface area contributed by atoms with Gasteiger partial charge in [-0.05, 0) is 24.0 Å². The Balaban J connectivity index is 0.941. The summed E-state index contributed by atoms with van der Waals surface area (Å²) in [6.07, 6.45) is 8.62. The lowest BCUT2D eigenvalue weighted by Crippen LogP contribution is -2.57. The largest absolute Gasteiger partial charge is 0.494 e. The number of methoxy groups -OCH3 is 1. The molecule has 5 heterocycles. The van der Waals surface area contributed by atoms with Crippen LogP contribution in [0.1, 0.15) is 45.8 Å². The number of aliphatic hydroxyl groups excluding tert-OH is 1. The van der Waals surface area contributed by atoms with E-state index in [9.17, 15) is 42.5 Å². The van der Waals surface area contributed by atoms with Crippen LogP contribution in [-0.4, -0.2) is 211 Å². The van der Waals surface area contributed by atoms with Crippen molar-refractivity contribution in [2.24, 2.45) is 0 Å². The molecule has 3 aromatic heterocycles. The summed E-state index contributed by atoms with van der Waals surface area (Å²) in [6, 6.07) is 10.2. The number of hydrogen-bond acceptors (Lipinski definition) is 18. The van der Waals surface area contributed by atoms with Gasteiger partial charge >= 0.3 is 0 Å². The summed E-state index contributed by atoms with van der Waals surface area (Å²) in [5, 5.41) is 31.1. The number of hydrogen-bond donors (Lipinski definition) is 5. The van der Waals surface area contributed by atoms with Crippen LogP contribution in [0, 0.1) is 23.7 Å². The summed E-state index contributed by atoms with van der Waals surface area (Å²) in [4.78, 5) is 69.8. The first kappa shape index (κ1) is 54.7. The number of carbonyl (C=O) groups is 4. The lowest BCUT2D eigenvalue weighted by atomic mass is 9.93. The van der Waals surface area contributed by atoms with Crippen LogP contribution in [0.2, 0.25) is 0 Å². The van der Waals surface area contributed by atoms with Gasteiger partial charge in [-0.3, -0.25) is 33.5 Å². The SMILES string of the molecule is C#CCOCCOCCOCCOCCC(=O)N[C@@H](CS(=O)(=O)O)C(=O)N1CCN(CCNC(=O)c2ncn(-c3ncc(OC)c4c(C(=O)C(O)N5CCC(=C(C#N)c6ccccc6)CC5)c[nH]c34)n2)CC1. The number of aromatic amines is 1. The number of pyridine rings is 1. The summed E-state index contributed by atoms with van der Waals surface area (Å²) in [5.41, 5.74) is 2.89. The molecule has 0 bridgehead atoms. The van der Waals surface area contributed by atoms with Crippen molar-refractivity contribution >= 4 is 50.1 Å². The van der Waals surface area contributed by atoms with Gasteiger partial charge in [-0.25, -0.2) is 9.97 Å². The third kappa shape index (κ3) is 15.4. The van der Waals surface area contributed by atoms with Gasteiger partial charge < -0.3 is 49.3 Å². The zero-order chi connectivity index (χ0) is 51.5. The zero-order valence-corrected chi connectivity index (χ0v) is 40.7. The first-order valence-corrected chi connectivity index (χ1v) is 24.8. The van der Waals surface area contributed by atoms with Crippen LogP contribution in [0.5, 0.6) is 5.75 Å². The molecule has 4 aromatic rings. The van der Waals surface area contributed by atoms with Crippen molar-refractivity contribution in [3.8, 4) is 30.0 Å². The van der Waals surface area contributed by atoms with Crippen molar-refractivity contribution in [3.63, 3.8) is 0 Å². The number of ether oxygens (including phenoxy) is 5. The maximum absolute atomic E-state index is 13.9. The molecule has 0 spiro atoms. The highest BCUT2D eigenvalue weighted by Gasteiger charge is 2.33. The number of piperidine rings is 1. The number of ketones is 1. The average molecular weight is 1020 g/mol. The Kier molecular flexibility index (Phi) is 20.7. The number of carbonyl (C=O) groups excluding carboxylic acids is 4. The smallest absolute Gasteiger partial charge is 0.291 e. The topological polar surface area (TPSA) is 306 Å². The molecule has 24 nitrogen and oxygen atoms in total. The molecule has 1 unspecified atom stereocenters. The van der Waals surface area contributed by atoms with E-state index in [0.29, 0.717) is 88.5 Å². The predicted molar refractivity (Wildman–Crippen MR) is 258 cm³/mol. The molecule has 3 amide bonds. The number of amides is 3. The van der Waals surface area contributed by atoms with Crippen molar-refractivity contribution < 1.29 is 60.9 Å². The minimum atomic E-state index is -4.64. The molecule has 2 fully saturated rings. The number of benzene rings is 1. The lowest BCUT2D eigenvalue weighted by Gasteiger charge is -2.36. The van der Waals surface area contributed by atoms with E-state index in [4.69, 9.17) is 30.1 Å². The number of terminal acetylenes is 1. The molecular formula is C47H59N11O13S. The van der Waals surface area contributed by atoms with E-state index >= 15 is 0 Å². The van der Waals surface area contributed by atoms with Gasteiger partial charge in [-0.2, -0.15) is 18.4 Å². The first-order chi connectivity index (χ1) is 34.8. The Morgan fingerprint density at radius 2 is 1.60 bits per heavy atom. The number of aliphatic hydroxyl groups is 1. The summed E-state index contributed by atoms with van der Waals surface area (Å²) in [6.45, 7) is 4.48. The van der Waals surface area contributed by atoms with E-state index in [0.717, 1.165) is 11.1 Å². The first-order valence-electron chi connectivity index (χ1n) is 23.2. The minimum Gasteiger partial charge on any atom is -0.494 e. The fourth-order valence-corrected chi connectivity index (χ4v) is 8.72. The van der Waals surface area contributed by atoms with Crippen LogP contribution in [0.4, 0.5) is 0 Å². The molecule has 2 aliphatic rings. The molecule has 1 aromatic carbocycles. The van der Waals surface area contributed by atoms with E-state index in [-0.39, 0.29) is 75.4 Å². The highest BCUT2D eigenvalue weighted by molar-refractivity contribution is 7.85. The van der Waals surface area contributed by atoms with Gasteiger partial charge in [0.05, 0.1) is 87.7 Å².